The normalized spacial score (nSPS) is 29.5. The average Bonchev–Trinajstić information content (AvgIpc) is 3.15. The molecule has 3 unspecified atom stereocenters. The minimum absolute atomic E-state index is 0.0289. The maximum atomic E-state index is 12.4. The molecule has 1 aromatic carbocycles. The third kappa shape index (κ3) is 2.71. The van der Waals surface area contributed by atoms with Gasteiger partial charge in [0.15, 0.2) is 0 Å². The quantitative estimate of drug-likeness (QED) is 0.839. The van der Waals surface area contributed by atoms with Crippen molar-refractivity contribution >= 4 is 11.7 Å². The minimum atomic E-state index is -0.233. The van der Waals surface area contributed by atoms with E-state index in [2.05, 4.69) is 11.4 Å². The molecule has 2 aliphatic heterocycles. The van der Waals surface area contributed by atoms with Crippen LogP contribution in [0.25, 0.3) is 0 Å². The first-order chi connectivity index (χ1) is 11.8. The Balaban J connectivity index is 1.73. The summed E-state index contributed by atoms with van der Waals surface area (Å²) in [7, 11) is 0. The summed E-state index contributed by atoms with van der Waals surface area (Å²) in [5.41, 5.74) is 2.76. The molecule has 4 nitrogen and oxygen atoms in total. The Morgan fingerprint density at radius 2 is 2.08 bits per heavy atom. The molecule has 4 heteroatoms. The van der Waals surface area contributed by atoms with Gasteiger partial charge in [-0.05, 0) is 50.7 Å². The molecule has 24 heavy (non-hydrogen) atoms. The Morgan fingerprint density at radius 3 is 2.88 bits per heavy atom. The molecule has 1 saturated carbocycles. The van der Waals surface area contributed by atoms with Crippen molar-refractivity contribution in [3.8, 4) is 0 Å². The summed E-state index contributed by atoms with van der Waals surface area (Å²) in [6, 6.07) is 6.40. The number of carbonyl (C=O) groups excluding carboxylic acids is 1. The molecule has 0 aromatic heterocycles. The standard InChI is InChI=1S/C20H27NO3/c1-2-23-20(22)14-9-5-11-16-17(14)19-15(10-6-12-24-19)18(21-16)13-7-3-4-8-13/h5,9,11,13,15,18-19,21H,2-4,6-8,10,12H2,1H3. The predicted molar refractivity (Wildman–Crippen MR) is 93.2 cm³/mol. The van der Waals surface area contributed by atoms with Crippen LogP contribution < -0.4 is 5.32 Å². The summed E-state index contributed by atoms with van der Waals surface area (Å²) in [5, 5.41) is 3.79. The molecule has 2 heterocycles. The molecule has 3 atom stereocenters. The van der Waals surface area contributed by atoms with Crippen molar-refractivity contribution in [1.29, 1.82) is 0 Å². The van der Waals surface area contributed by atoms with Gasteiger partial charge >= 0.3 is 5.97 Å². The van der Waals surface area contributed by atoms with E-state index in [0.29, 0.717) is 24.1 Å². The lowest BCUT2D eigenvalue weighted by Gasteiger charge is -2.46. The Labute approximate surface area is 143 Å². The topological polar surface area (TPSA) is 47.6 Å². The van der Waals surface area contributed by atoms with Gasteiger partial charge in [0.2, 0.25) is 0 Å². The number of hydrogen-bond acceptors (Lipinski definition) is 4. The maximum absolute atomic E-state index is 12.4. The van der Waals surface area contributed by atoms with Crippen LogP contribution in [0.5, 0.6) is 0 Å². The fourth-order valence-electron chi connectivity index (χ4n) is 4.92. The van der Waals surface area contributed by atoms with Crippen LogP contribution in [0.1, 0.15) is 67.5 Å². The first kappa shape index (κ1) is 15.9. The molecule has 1 N–H and O–H groups in total. The van der Waals surface area contributed by atoms with Gasteiger partial charge in [-0.1, -0.05) is 18.9 Å². The first-order valence-corrected chi connectivity index (χ1v) is 9.47. The summed E-state index contributed by atoms with van der Waals surface area (Å²) >= 11 is 0. The van der Waals surface area contributed by atoms with E-state index < -0.39 is 0 Å². The highest BCUT2D eigenvalue weighted by molar-refractivity contribution is 5.93. The van der Waals surface area contributed by atoms with Crippen LogP contribution in [0, 0.1) is 11.8 Å². The molecule has 1 saturated heterocycles. The highest BCUT2D eigenvalue weighted by Crippen LogP contribution is 2.49. The third-order valence-corrected chi connectivity index (χ3v) is 5.95. The van der Waals surface area contributed by atoms with Crippen molar-refractivity contribution in [3.63, 3.8) is 0 Å². The highest BCUT2D eigenvalue weighted by atomic mass is 16.5. The van der Waals surface area contributed by atoms with Gasteiger partial charge in [-0.2, -0.15) is 0 Å². The first-order valence-electron chi connectivity index (χ1n) is 9.47. The Hall–Kier alpha value is -1.55. The van der Waals surface area contributed by atoms with Crippen molar-refractivity contribution < 1.29 is 14.3 Å². The van der Waals surface area contributed by atoms with Crippen molar-refractivity contribution in [2.45, 2.75) is 57.6 Å². The predicted octanol–water partition coefficient (Wildman–Crippen LogP) is 4.32. The molecule has 1 aromatic rings. The van der Waals surface area contributed by atoms with E-state index >= 15 is 0 Å². The Bertz CT molecular complexity index is 609. The van der Waals surface area contributed by atoms with Crippen LogP contribution in [0.3, 0.4) is 0 Å². The van der Waals surface area contributed by atoms with Gasteiger partial charge in [-0.15, -0.1) is 0 Å². The molecule has 0 radical (unpaired) electrons. The molecule has 0 bridgehead atoms. The van der Waals surface area contributed by atoms with Crippen molar-refractivity contribution in [2.75, 3.05) is 18.5 Å². The number of ether oxygens (including phenoxy) is 2. The second-order valence-electron chi connectivity index (χ2n) is 7.30. The molecular weight excluding hydrogens is 302 g/mol. The zero-order valence-corrected chi connectivity index (χ0v) is 14.4. The van der Waals surface area contributed by atoms with Crippen LogP contribution in [-0.4, -0.2) is 25.2 Å². The van der Waals surface area contributed by atoms with Gasteiger partial charge < -0.3 is 14.8 Å². The number of benzene rings is 1. The fraction of sp³-hybridized carbons (Fsp3) is 0.650. The number of rotatable bonds is 3. The lowest BCUT2D eigenvalue weighted by molar-refractivity contribution is -0.0443. The molecule has 130 valence electrons. The van der Waals surface area contributed by atoms with Crippen LogP contribution >= 0.6 is 0 Å². The number of esters is 1. The van der Waals surface area contributed by atoms with Gasteiger partial charge in [0, 0.05) is 29.8 Å². The summed E-state index contributed by atoms with van der Waals surface area (Å²) in [5.74, 6) is 0.965. The van der Waals surface area contributed by atoms with Gasteiger partial charge in [0.25, 0.3) is 0 Å². The van der Waals surface area contributed by atoms with Crippen LogP contribution in [-0.2, 0) is 9.47 Å². The zero-order chi connectivity index (χ0) is 16.5. The smallest absolute Gasteiger partial charge is 0.338 e. The minimum Gasteiger partial charge on any atom is -0.462 e. The number of carbonyl (C=O) groups is 1. The molecular formula is C20H27NO3. The summed E-state index contributed by atoms with van der Waals surface area (Å²) in [6.07, 6.45) is 7.63. The lowest BCUT2D eigenvalue weighted by Crippen LogP contribution is -2.45. The third-order valence-electron chi connectivity index (χ3n) is 5.95. The second kappa shape index (κ2) is 6.75. The number of anilines is 1. The van der Waals surface area contributed by atoms with Gasteiger partial charge in [0.1, 0.15) is 0 Å². The van der Waals surface area contributed by atoms with Crippen LogP contribution in [0.4, 0.5) is 5.69 Å². The lowest BCUT2D eigenvalue weighted by atomic mass is 9.74. The van der Waals surface area contributed by atoms with E-state index in [1.165, 1.54) is 32.1 Å². The fourth-order valence-corrected chi connectivity index (χ4v) is 4.92. The number of hydrogen-bond donors (Lipinski definition) is 1. The number of nitrogens with one attached hydrogen (secondary N) is 1. The SMILES string of the molecule is CCOC(=O)c1cccc2c1C1OCCCC1C(C1CCCC1)N2. The molecule has 4 rings (SSSR count). The molecule has 0 spiro atoms. The van der Waals surface area contributed by atoms with Crippen molar-refractivity contribution in [3.05, 3.63) is 29.3 Å². The van der Waals surface area contributed by atoms with Gasteiger partial charge in [-0.25, -0.2) is 4.79 Å². The average molecular weight is 329 g/mol. The largest absolute Gasteiger partial charge is 0.462 e. The van der Waals surface area contributed by atoms with Crippen LogP contribution in [0.2, 0.25) is 0 Å². The second-order valence-corrected chi connectivity index (χ2v) is 7.30. The molecule has 2 fully saturated rings. The van der Waals surface area contributed by atoms with E-state index in [9.17, 15) is 4.79 Å². The highest BCUT2D eigenvalue weighted by Gasteiger charge is 2.44. The summed E-state index contributed by atoms with van der Waals surface area (Å²) in [4.78, 5) is 12.4. The van der Waals surface area contributed by atoms with E-state index in [-0.39, 0.29) is 12.1 Å². The van der Waals surface area contributed by atoms with Crippen molar-refractivity contribution in [1.82, 2.24) is 0 Å². The zero-order valence-electron chi connectivity index (χ0n) is 14.4. The van der Waals surface area contributed by atoms with E-state index in [1.54, 1.807) is 0 Å². The van der Waals surface area contributed by atoms with E-state index in [0.717, 1.165) is 30.2 Å². The number of fused-ring (bicyclic) bond motifs is 3. The molecule has 0 amide bonds. The van der Waals surface area contributed by atoms with E-state index in [4.69, 9.17) is 9.47 Å². The summed E-state index contributed by atoms with van der Waals surface area (Å²) in [6.45, 7) is 3.03. The van der Waals surface area contributed by atoms with Crippen LogP contribution in [0.15, 0.2) is 18.2 Å². The monoisotopic (exact) mass is 329 g/mol. The molecule has 3 aliphatic rings. The van der Waals surface area contributed by atoms with Gasteiger partial charge in [0.05, 0.1) is 18.3 Å². The Morgan fingerprint density at radius 1 is 1.25 bits per heavy atom. The van der Waals surface area contributed by atoms with Gasteiger partial charge in [-0.3, -0.25) is 0 Å². The van der Waals surface area contributed by atoms with Crippen molar-refractivity contribution in [2.24, 2.45) is 11.8 Å². The maximum Gasteiger partial charge on any atom is 0.338 e. The summed E-state index contributed by atoms with van der Waals surface area (Å²) < 4.78 is 11.5. The Kier molecular flexibility index (Phi) is 4.49. The molecule has 1 aliphatic carbocycles. The van der Waals surface area contributed by atoms with E-state index in [1.807, 2.05) is 19.1 Å².